The standard InChI is InChI=1S/C20H24N4O5S/c21-14-16-4-1-2-5-17(16)30(28,29)23-12-8-15(9-13-23)20(27)22-10-3-11-24-18(25)6-7-19(24)26/h1-2,4-5,15H,3,6-13H2,(H,22,27). The first-order chi connectivity index (χ1) is 14.3. The number of carbonyl (C=O) groups is 3. The third kappa shape index (κ3) is 4.68. The van der Waals surface area contributed by atoms with Gasteiger partial charge in [-0.05, 0) is 31.4 Å². The monoisotopic (exact) mass is 432 g/mol. The van der Waals surface area contributed by atoms with Crippen molar-refractivity contribution in [3.63, 3.8) is 0 Å². The van der Waals surface area contributed by atoms with Crippen molar-refractivity contribution in [1.82, 2.24) is 14.5 Å². The summed E-state index contributed by atoms with van der Waals surface area (Å²) < 4.78 is 27.0. The van der Waals surface area contributed by atoms with E-state index >= 15 is 0 Å². The molecule has 2 heterocycles. The van der Waals surface area contributed by atoms with Crippen LogP contribution in [0.5, 0.6) is 0 Å². The predicted octanol–water partition coefficient (Wildman–Crippen LogP) is 0.614. The van der Waals surface area contributed by atoms with Gasteiger partial charge in [-0.25, -0.2) is 8.42 Å². The fourth-order valence-corrected chi connectivity index (χ4v) is 5.36. The second kappa shape index (κ2) is 9.36. The Morgan fingerprint density at radius 1 is 1.13 bits per heavy atom. The molecule has 30 heavy (non-hydrogen) atoms. The number of carbonyl (C=O) groups excluding carboxylic acids is 3. The molecule has 160 valence electrons. The van der Waals surface area contributed by atoms with E-state index in [1.807, 2.05) is 6.07 Å². The maximum atomic E-state index is 12.8. The lowest BCUT2D eigenvalue weighted by Crippen LogP contribution is -2.43. The van der Waals surface area contributed by atoms with Crippen LogP contribution in [0.15, 0.2) is 29.2 Å². The van der Waals surface area contributed by atoms with E-state index in [1.54, 1.807) is 12.1 Å². The summed E-state index contributed by atoms with van der Waals surface area (Å²) in [6.07, 6.45) is 1.78. The maximum absolute atomic E-state index is 12.8. The van der Waals surface area contributed by atoms with E-state index < -0.39 is 10.0 Å². The number of nitrogens with one attached hydrogen (secondary N) is 1. The van der Waals surface area contributed by atoms with Gasteiger partial charge in [-0.1, -0.05) is 12.1 Å². The van der Waals surface area contributed by atoms with Crippen LogP contribution < -0.4 is 5.32 Å². The van der Waals surface area contributed by atoms with Gasteiger partial charge in [-0.15, -0.1) is 0 Å². The first-order valence-corrected chi connectivity index (χ1v) is 11.4. The van der Waals surface area contributed by atoms with Crippen molar-refractivity contribution >= 4 is 27.7 Å². The topological polar surface area (TPSA) is 128 Å². The van der Waals surface area contributed by atoms with Crippen LogP contribution >= 0.6 is 0 Å². The SMILES string of the molecule is N#Cc1ccccc1S(=O)(=O)N1CCC(C(=O)NCCCN2C(=O)CCC2=O)CC1. The molecule has 2 aliphatic heterocycles. The minimum atomic E-state index is -3.79. The normalized spacial score (nSPS) is 18.4. The molecule has 1 N–H and O–H groups in total. The Morgan fingerprint density at radius 3 is 2.40 bits per heavy atom. The number of hydrogen-bond acceptors (Lipinski definition) is 6. The first-order valence-electron chi connectivity index (χ1n) is 9.95. The summed E-state index contributed by atoms with van der Waals surface area (Å²) in [5, 5.41) is 12.0. The fraction of sp³-hybridized carbons (Fsp3) is 0.500. The number of rotatable bonds is 7. The Bertz CT molecular complexity index is 961. The molecule has 0 aliphatic carbocycles. The molecule has 9 nitrogen and oxygen atoms in total. The van der Waals surface area contributed by atoms with Crippen LogP contribution in [0.3, 0.4) is 0 Å². The van der Waals surface area contributed by atoms with Crippen molar-refractivity contribution in [2.24, 2.45) is 5.92 Å². The molecule has 0 saturated carbocycles. The molecule has 2 aliphatic rings. The molecule has 1 aromatic rings. The van der Waals surface area contributed by atoms with Crippen molar-refractivity contribution in [2.75, 3.05) is 26.2 Å². The largest absolute Gasteiger partial charge is 0.356 e. The number of hydrogen-bond donors (Lipinski definition) is 1. The van der Waals surface area contributed by atoms with Crippen LogP contribution in [0.1, 0.15) is 37.7 Å². The van der Waals surface area contributed by atoms with E-state index in [1.165, 1.54) is 21.3 Å². The number of likely N-dealkylation sites (tertiary alicyclic amines) is 1. The highest BCUT2D eigenvalue weighted by molar-refractivity contribution is 7.89. The molecule has 0 radical (unpaired) electrons. The number of sulfonamides is 1. The summed E-state index contributed by atoms with van der Waals surface area (Å²) in [7, 11) is -3.79. The van der Waals surface area contributed by atoms with Gasteiger partial charge >= 0.3 is 0 Å². The maximum Gasteiger partial charge on any atom is 0.244 e. The first kappa shape index (κ1) is 21.9. The lowest BCUT2D eigenvalue weighted by Gasteiger charge is -2.30. The molecule has 0 bridgehead atoms. The number of nitriles is 1. The number of piperidine rings is 1. The third-order valence-electron chi connectivity index (χ3n) is 5.46. The summed E-state index contributed by atoms with van der Waals surface area (Å²) in [4.78, 5) is 36.7. The van der Waals surface area contributed by atoms with Crippen molar-refractivity contribution in [2.45, 2.75) is 37.0 Å². The fourth-order valence-electron chi connectivity index (χ4n) is 3.75. The average molecular weight is 433 g/mol. The molecule has 10 heteroatoms. The van der Waals surface area contributed by atoms with E-state index in [4.69, 9.17) is 5.26 Å². The van der Waals surface area contributed by atoms with E-state index in [9.17, 15) is 22.8 Å². The summed E-state index contributed by atoms with van der Waals surface area (Å²) in [6, 6.07) is 7.99. The minimum absolute atomic E-state index is 0.0126. The Hall–Kier alpha value is -2.77. The lowest BCUT2D eigenvalue weighted by molar-refractivity contribution is -0.138. The lowest BCUT2D eigenvalue weighted by atomic mass is 9.97. The van der Waals surface area contributed by atoms with Crippen LogP contribution in [0, 0.1) is 17.2 Å². The van der Waals surface area contributed by atoms with E-state index in [0.717, 1.165) is 0 Å². The third-order valence-corrected chi connectivity index (χ3v) is 7.42. The van der Waals surface area contributed by atoms with Crippen molar-refractivity contribution in [3.8, 4) is 6.07 Å². The van der Waals surface area contributed by atoms with E-state index in [2.05, 4.69) is 5.32 Å². The highest BCUT2D eigenvalue weighted by Crippen LogP contribution is 2.25. The average Bonchev–Trinajstić information content (AvgIpc) is 3.08. The molecule has 0 unspecified atom stereocenters. The highest BCUT2D eigenvalue weighted by Gasteiger charge is 2.33. The van der Waals surface area contributed by atoms with Crippen LogP contribution in [0.2, 0.25) is 0 Å². The van der Waals surface area contributed by atoms with Gasteiger partial charge in [0.05, 0.1) is 10.5 Å². The number of benzene rings is 1. The molecule has 0 atom stereocenters. The van der Waals surface area contributed by atoms with E-state index in [0.29, 0.717) is 32.4 Å². The molecule has 1 aromatic carbocycles. The van der Waals surface area contributed by atoms with Gasteiger partial charge in [0.25, 0.3) is 0 Å². The van der Waals surface area contributed by atoms with Gasteiger partial charge in [0.1, 0.15) is 6.07 Å². The van der Waals surface area contributed by atoms with Crippen molar-refractivity contribution in [3.05, 3.63) is 29.8 Å². The highest BCUT2D eigenvalue weighted by atomic mass is 32.2. The number of amides is 3. The van der Waals surface area contributed by atoms with Gasteiger partial charge in [-0.3, -0.25) is 19.3 Å². The van der Waals surface area contributed by atoms with Crippen LogP contribution in [-0.4, -0.2) is 61.5 Å². The Morgan fingerprint density at radius 2 is 1.77 bits per heavy atom. The summed E-state index contributed by atoms with van der Waals surface area (Å²) in [5.41, 5.74) is 0.104. The molecular weight excluding hydrogens is 408 g/mol. The minimum Gasteiger partial charge on any atom is -0.356 e. The van der Waals surface area contributed by atoms with Gasteiger partial charge in [0.15, 0.2) is 0 Å². The van der Waals surface area contributed by atoms with Gasteiger partial charge in [0, 0.05) is 44.9 Å². The summed E-state index contributed by atoms with van der Waals surface area (Å²) >= 11 is 0. The van der Waals surface area contributed by atoms with Gasteiger partial charge < -0.3 is 5.32 Å². The molecule has 0 aromatic heterocycles. The molecular formula is C20H24N4O5S. The zero-order chi connectivity index (χ0) is 21.7. The molecule has 2 saturated heterocycles. The second-order valence-electron chi connectivity index (χ2n) is 7.37. The van der Waals surface area contributed by atoms with Crippen LogP contribution in [-0.2, 0) is 24.4 Å². The van der Waals surface area contributed by atoms with E-state index in [-0.39, 0.29) is 60.0 Å². The smallest absolute Gasteiger partial charge is 0.244 e. The van der Waals surface area contributed by atoms with Crippen molar-refractivity contribution < 1.29 is 22.8 Å². The number of imide groups is 1. The van der Waals surface area contributed by atoms with Gasteiger partial charge in [0.2, 0.25) is 27.7 Å². The van der Waals surface area contributed by atoms with Crippen LogP contribution in [0.25, 0.3) is 0 Å². The predicted molar refractivity (Wildman–Crippen MR) is 106 cm³/mol. The Labute approximate surface area is 175 Å². The zero-order valence-corrected chi connectivity index (χ0v) is 17.4. The molecule has 3 rings (SSSR count). The Kier molecular flexibility index (Phi) is 6.84. The summed E-state index contributed by atoms with van der Waals surface area (Å²) in [6.45, 7) is 1.06. The molecule has 3 amide bonds. The quantitative estimate of drug-likeness (QED) is 0.497. The summed E-state index contributed by atoms with van der Waals surface area (Å²) in [5.74, 6) is -0.781. The molecule has 2 fully saturated rings. The van der Waals surface area contributed by atoms with Crippen LogP contribution in [0.4, 0.5) is 0 Å². The van der Waals surface area contributed by atoms with Crippen molar-refractivity contribution in [1.29, 1.82) is 5.26 Å². The molecule has 0 spiro atoms. The zero-order valence-electron chi connectivity index (χ0n) is 16.5. The number of nitrogens with zero attached hydrogens (tertiary/aromatic N) is 3. The van der Waals surface area contributed by atoms with Gasteiger partial charge in [-0.2, -0.15) is 9.57 Å². The second-order valence-corrected chi connectivity index (χ2v) is 9.28. The Balaban J connectivity index is 1.47.